The standard InChI is InChI=1S/C17H30N2O2/c1-11(2)13-6-8-14(9-7-13)17(20)16-15(21-5)10-18-19(16)12(3)4/h10-14,17,20H,6-9H2,1-5H3. The zero-order valence-corrected chi connectivity index (χ0v) is 14.0. The maximum absolute atomic E-state index is 10.9. The van der Waals surface area contributed by atoms with Crippen molar-refractivity contribution < 1.29 is 9.84 Å². The van der Waals surface area contributed by atoms with Crippen LogP contribution in [0.1, 0.15) is 71.2 Å². The topological polar surface area (TPSA) is 47.3 Å². The number of aliphatic hydroxyl groups excluding tert-OH is 1. The lowest BCUT2D eigenvalue weighted by molar-refractivity contribution is 0.0571. The van der Waals surface area contributed by atoms with Crippen LogP contribution in [0.25, 0.3) is 0 Å². The molecule has 1 aliphatic carbocycles. The molecule has 21 heavy (non-hydrogen) atoms. The summed E-state index contributed by atoms with van der Waals surface area (Å²) in [5.41, 5.74) is 0.848. The third kappa shape index (κ3) is 3.42. The summed E-state index contributed by atoms with van der Waals surface area (Å²) in [6.45, 7) is 8.77. The first-order chi connectivity index (χ1) is 9.95. The number of methoxy groups -OCH3 is 1. The van der Waals surface area contributed by atoms with E-state index in [1.165, 1.54) is 12.8 Å². The molecule has 0 bridgehead atoms. The molecule has 4 nitrogen and oxygen atoms in total. The van der Waals surface area contributed by atoms with Gasteiger partial charge in [-0.3, -0.25) is 4.68 Å². The Morgan fingerprint density at radius 3 is 2.19 bits per heavy atom. The van der Waals surface area contributed by atoms with Crippen LogP contribution in [0.3, 0.4) is 0 Å². The average molecular weight is 294 g/mol. The van der Waals surface area contributed by atoms with Crippen LogP contribution < -0.4 is 4.74 Å². The Hall–Kier alpha value is -1.03. The van der Waals surface area contributed by atoms with Gasteiger partial charge in [0.25, 0.3) is 0 Å². The second kappa shape index (κ2) is 6.82. The number of aliphatic hydroxyl groups is 1. The molecular formula is C17H30N2O2. The molecule has 120 valence electrons. The molecular weight excluding hydrogens is 264 g/mol. The van der Waals surface area contributed by atoms with E-state index in [1.807, 2.05) is 4.68 Å². The highest BCUT2D eigenvalue weighted by molar-refractivity contribution is 5.28. The second-order valence-electron chi connectivity index (χ2n) is 7.00. The maximum atomic E-state index is 10.9. The molecule has 1 N–H and O–H groups in total. The fourth-order valence-corrected chi connectivity index (χ4v) is 3.56. The van der Waals surface area contributed by atoms with Crippen molar-refractivity contribution in [1.82, 2.24) is 9.78 Å². The number of hydrogen-bond acceptors (Lipinski definition) is 3. The van der Waals surface area contributed by atoms with Crippen molar-refractivity contribution >= 4 is 0 Å². The molecule has 1 aromatic heterocycles. The van der Waals surface area contributed by atoms with Crippen LogP contribution in [0, 0.1) is 17.8 Å². The lowest BCUT2D eigenvalue weighted by Crippen LogP contribution is -2.25. The van der Waals surface area contributed by atoms with Crippen LogP contribution in [0.2, 0.25) is 0 Å². The van der Waals surface area contributed by atoms with E-state index in [2.05, 4.69) is 32.8 Å². The lowest BCUT2D eigenvalue weighted by atomic mass is 9.74. The van der Waals surface area contributed by atoms with Gasteiger partial charge in [-0.15, -0.1) is 0 Å². The van der Waals surface area contributed by atoms with Crippen LogP contribution >= 0.6 is 0 Å². The van der Waals surface area contributed by atoms with Gasteiger partial charge in [-0.1, -0.05) is 13.8 Å². The molecule has 1 unspecified atom stereocenters. The summed E-state index contributed by atoms with van der Waals surface area (Å²) in [4.78, 5) is 0. The van der Waals surface area contributed by atoms with E-state index in [0.29, 0.717) is 11.7 Å². The van der Waals surface area contributed by atoms with Crippen molar-refractivity contribution in [2.45, 2.75) is 65.5 Å². The Bertz CT molecular complexity index is 446. The van der Waals surface area contributed by atoms with E-state index in [-0.39, 0.29) is 6.04 Å². The molecule has 0 radical (unpaired) electrons. The summed E-state index contributed by atoms with van der Waals surface area (Å²) >= 11 is 0. The maximum Gasteiger partial charge on any atom is 0.162 e. The molecule has 1 atom stereocenters. The van der Waals surface area contributed by atoms with Crippen molar-refractivity contribution in [2.75, 3.05) is 7.11 Å². The van der Waals surface area contributed by atoms with E-state index in [0.717, 1.165) is 30.4 Å². The van der Waals surface area contributed by atoms with Crippen LogP contribution in [0.15, 0.2) is 6.20 Å². The fraction of sp³-hybridized carbons (Fsp3) is 0.824. The Morgan fingerprint density at radius 1 is 1.14 bits per heavy atom. The summed E-state index contributed by atoms with van der Waals surface area (Å²) in [5.74, 6) is 2.59. The Balaban J connectivity index is 2.13. The van der Waals surface area contributed by atoms with Crippen molar-refractivity contribution in [3.05, 3.63) is 11.9 Å². The quantitative estimate of drug-likeness (QED) is 0.894. The van der Waals surface area contributed by atoms with Gasteiger partial charge in [0, 0.05) is 6.04 Å². The molecule has 0 aromatic carbocycles. The molecule has 0 aliphatic heterocycles. The largest absolute Gasteiger partial charge is 0.493 e. The van der Waals surface area contributed by atoms with Crippen molar-refractivity contribution in [3.8, 4) is 5.75 Å². The first-order valence-corrected chi connectivity index (χ1v) is 8.25. The highest BCUT2D eigenvalue weighted by Crippen LogP contribution is 2.41. The highest BCUT2D eigenvalue weighted by Gasteiger charge is 2.32. The molecule has 0 saturated heterocycles. The van der Waals surface area contributed by atoms with Gasteiger partial charge < -0.3 is 9.84 Å². The number of ether oxygens (including phenoxy) is 1. The Kier molecular flexibility index (Phi) is 5.31. The Morgan fingerprint density at radius 2 is 1.71 bits per heavy atom. The predicted octanol–water partition coefficient (Wildman–Crippen LogP) is 3.97. The molecule has 2 rings (SSSR count). The number of aromatic nitrogens is 2. The molecule has 1 fully saturated rings. The molecule has 0 spiro atoms. The van der Waals surface area contributed by atoms with E-state index in [9.17, 15) is 5.11 Å². The molecule has 1 aromatic rings. The minimum absolute atomic E-state index is 0.227. The van der Waals surface area contributed by atoms with Gasteiger partial charge >= 0.3 is 0 Å². The van der Waals surface area contributed by atoms with Crippen molar-refractivity contribution in [2.24, 2.45) is 17.8 Å². The molecule has 1 heterocycles. The van der Waals surface area contributed by atoms with Crippen molar-refractivity contribution in [3.63, 3.8) is 0 Å². The smallest absolute Gasteiger partial charge is 0.162 e. The number of nitrogens with zero attached hydrogens (tertiary/aromatic N) is 2. The fourth-order valence-electron chi connectivity index (χ4n) is 3.56. The van der Waals surface area contributed by atoms with Gasteiger partial charge in [-0.2, -0.15) is 5.10 Å². The third-order valence-electron chi connectivity index (χ3n) is 4.99. The summed E-state index contributed by atoms with van der Waals surface area (Å²) < 4.78 is 7.30. The van der Waals surface area contributed by atoms with Gasteiger partial charge in [-0.25, -0.2) is 0 Å². The summed E-state index contributed by atoms with van der Waals surface area (Å²) in [6, 6.07) is 0.227. The monoisotopic (exact) mass is 294 g/mol. The molecule has 4 heteroatoms. The van der Waals surface area contributed by atoms with Crippen molar-refractivity contribution in [1.29, 1.82) is 0 Å². The minimum Gasteiger partial charge on any atom is -0.493 e. The SMILES string of the molecule is COc1cnn(C(C)C)c1C(O)C1CCC(C(C)C)CC1. The van der Waals surface area contributed by atoms with E-state index in [4.69, 9.17) is 4.74 Å². The summed E-state index contributed by atoms with van der Waals surface area (Å²) in [7, 11) is 1.65. The average Bonchev–Trinajstić information content (AvgIpc) is 2.90. The minimum atomic E-state index is -0.474. The van der Waals surface area contributed by atoms with E-state index in [1.54, 1.807) is 13.3 Å². The van der Waals surface area contributed by atoms with Gasteiger partial charge in [0.1, 0.15) is 11.8 Å². The lowest BCUT2D eigenvalue weighted by Gasteiger charge is -2.33. The summed E-state index contributed by atoms with van der Waals surface area (Å²) in [5, 5.41) is 15.2. The normalized spacial score (nSPS) is 24.6. The number of hydrogen-bond donors (Lipinski definition) is 1. The first kappa shape index (κ1) is 16.3. The van der Waals surface area contributed by atoms with Crippen LogP contribution in [-0.4, -0.2) is 22.0 Å². The second-order valence-corrected chi connectivity index (χ2v) is 7.00. The van der Waals surface area contributed by atoms with Crippen LogP contribution in [0.4, 0.5) is 0 Å². The first-order valence-electron chi connectivity index (χ1n) is 8.25. The highest BCUT2D eigenvalue weighted by atomic mass is 16.5. The third-order valence-corrected chi connectivity index (χ3v) is 4.99. The van der Waals surface area contributed by atoms with E-state index < -0.39 is 6.10 Å². The van der Waals surface area contributed by atoms with Crippen LogP contribution in [0.5, 0.6) is 5.75 Å². The molecule has 1 aliphatic rings. The van der Waals surface area contributed by atoms with E-state index >= 15 is 0 Å². The zero-order chi connectivity index (χ0) is 15.6. The predicted molar refractivity (Wildman–Crippen MR) is 84.4 cm³/mol. The van der Waals surface area contributed by atoms with Gasteiger partial charge in [0.2, 0.25) is 0 Å². The van der Waals surface area contributed by atoms with Gasteiger partial charge in [0.05, 0.1) is 13.3 Å². The van der Waals surface area contributed by atoms with Gasteiger partial charge in [-0.05, 0) is 57.3 Å². The molecule has 0 amide bonds. The Labute approximate surface area is 128 Å². The zero-order valence-electron chi connectivity index (χ0n) is 14.0. The van der Waals surface area contributed by atoms with Crippen LogP contribution in [-0.2, 0) is 0 Å². The van der Waals surface area contributed by atoms with Gasteiger partial charge in [0.15, 0.2) is 5.75 Å². The number of rotatable bonds is 5. The molecule has 1 saturated carbocycles. The summed E-state index contributed by atoms with van der Waals surface area (Å²) in [6.07, 6.45) is 5.87.